The standard InChI is InChI=1S/C23H22ClN3O5S/c1-13-9-15(10-14(2)20(13)26-8-4-5-17(31-3)22(26)29)27-12-16(32-23(27)30)11-25-21(28)18-6-7-19(24)33-18/h4-10,16H,11-12H2,1-3H3,(H,25,28)/t16-/m0/s1. The molecule has 33 heavy (non-hydrogen) atoms. The molecule has 0 bridgehead atoms. The second kappa shape index (κ2) is 9.29. The van der Waals surface area contributed by atoms with Crippen molar-refractivity contribution >= 4 is 40.6 Å². The molecular weight excluding hydrogens is 466 g/mol. The lowest BCUT2D eigenvalue weighted by Crippen LogP contribution is -2.34. The van der Waals surface area contributed by atoms with Crippen molar-refractivity contribution in [2.45, 2.75) is 20.0 Å². The van der Waals surface area contributed by atoms with Crippen LogP contribution in [0, 0.1) is 13.8 Å². The average molecular weight is 488 g/mol. The molecule has 172 valence electrons. The van der Waals surface area contributed by atoms with Gasteiger partial charge in [-0.2, -0.15) is 0 Å². The number of aromatic nitrogens is 1. The fraction of sp³-hybridized carbons (Fsp3) is 0.261. The van der Waals surface area contributed by atoms with Gasteiger partial charge in [-0.3, -0.25) is 19.1 Å². The van der Waals surface area contributed by atoms with Gasteiger partial charge in [-0.1, -0.05) is 11.6 Å². The second-order valence-corrected chi connectivity index (χ2v) is 9.33. The van der Waals surface area contributed by atoms with E-state index in [1.165, 1.54) is 27.9 Å². The summed E-state index contributed by atoms with van der Waals surface area (Å²) >= 11 is 7.06. The Balaban J connectivity index is 1.51. The Hall–Kier alpha value is -3.30. The maximum atomic E-state index is 12.7. The first kappa shape index (κ1) is 22.9. The van der Waals surface area contributed by atoms with Crippen LogP contribution in [0.3, 0.4) is 0 Å². The van der Waals surface area contributed by atoms with E-state index in [1.54, 1.807) is 30.5 Å². The molecule has 4 rings (SSSR count). The number of pyridine rings is 1. The Morgan fingerprint density at radius 3 is 2.61 bits per heavy atom. The van der Waals surface area contributed by atoms with E-state index in [4.69, 9.17) is 21.1 Å². The Kier molecular flexibility index (Phi) is 6.44. The molecule has 3 aromatic rings. The van der Waals surface area contributed by atoms with Crippen LogP contribution in [0.25, 0.3) is 5.69 Å². The minimum atomic E-state index is -0.488. The van der Waals surface area contributed by atoms with Crippen molar-refractivity contribution in [3.8, 4) is 11.4 Å². The van der Waals surface area contributed by atoms with Crippen molar-refractivity contribution in [2.75, 3.05) is 25.1 Å². The number of halogens is 1. The second-order valence-electron chi connectivity index (χ2n) is 7.61. The number of carbonyl (C=O) groups is 2. The van der Waals surface area contributed by atoms with Crippen molar-refractivity contribution in [1.29, 1.82) is 0 Å². The number of anilines is 1. The number of aryl methyl sites for hydroxylation is 2. The predicted molar refractivity (Wildman–Crippen MR) is 127 cm³/mol. The van der Waals surface area contributed by atoms with Gasteiger partial charge < -0.3 is 14.8 Å². The van der Waals surface area contributed by atoms with Crippen molar-refractivity contribution < 1.29 is 19.1 Å². The lowest BCUT2D eigenvalue weighted by molar-refractivity contribution is 0.0920. The summed E-state index contributed by atoms with van der Waals surface area (Å²) in [7, 11) is 1.46. The number of nitrogens with one attached hydrogen (secondary N) is 1. The van der Waals surface area contributed by atoms with Gasteiger partial charge in [0, 0.05) is 11.9 Å². The molecule has 0 radical (unpaired) electrons. The molecule has 1 N–H and O–H groups in total. The number of ether oxygens (including phenoxy) is 2. The molecule has 10 heteroatoms. The number of methoxy groups -OCH3 is 1. The third kappa shape index (κ3) is 4.60. The van der Waals surface area contributed by atoms with E-state index in [0.29, 0.717) is 21.4 Å². The van der Waals surface area contributed by atoms with Gasteiger partial charge in [0.25, 0.3) is 11.5 Å². The molecule has 1 saturated heterocycles. The highest BCUT2D eigenvalue weighted by Gasteiger charge is 2.33. The molecule has 1 fully saturated rings. The summed E-state index contributed by atoms with van der Waals surface area (Å²) < 4.78 is 12.7. The quantitative estimate of drug-likeness (QED) is 0.569. The minimum Gasteiger partial charge on any atom is -0.491 e. The smallest absolute Gasteiger partial charge is 0.414 e. The predicted octanol–water partition coefficient (Wildman–Crippen LogP) is 3.93. The molecule has 3 heterocycles. The van der Waals surface area contributed by atoms with Crippen LogP contribution in [-0.4, -0.2) is 42.9 Å². The van der Waals surface area contributed by atoms with Crippen LogP contribution in [0.2, 0.25) is 4.34 Å². The average Bonchev–Trinajstić information content (AvgIpc) is 3.38. The van der Waals surface area contributed by atoms with Crippen LogP contribution < -0.4 is 20.5 Å². The summed E-state index contributed by atoms with van der Waals surface area (Å²) in [5.41, 5.74) is 2.77. The highest BCUT2D eigenvalue weighted by Crippen LogP contribution is 2.29. The van der Waals surface area contributed by atoms with Gasteiger partial charge in [-0.15, -0.1) is 11.3 Å². The highest BCUT2D eigenvalue weighted by molar-refractivity contribution is 7.18. The number of carbonyl (C=O) groups excluding carboxylic acids is 2. The number of nitrogens with zero attached hydrogens (tertiary/aromatic N) is 2. The zero-order chi connectivity index (χ0) is 23.7. The molecule has 1 atom stereocenters. The van der Waals surface area contributed by atoms with E-state index in [-0.39, 0.29) is 23.8 Å². The number of hydrogen-bond acceptors (Lipinski definition) is 6. The Bertz CT molecular complexity index is 1260. The largest absolute Gasteiger partial charge is 0.491 e. The van der Waals surface area contributed by atoms with Crippen LogP contribution in [0.5, 0.6) is 5.75 Å². The van der Waals surface area contributed by atoms with Crippen LogP contribution in [0.1, 0.15) is 20.8 Å². The minimum absolute atomic E-state index is 0.186. The lowest BCUT2D eigenvalue weighted by Gasteiger charge is -2.19. The monoisotopic (exact) mass is 487 g/mol. The number of amides is 2. The fourth-order valence-corrected chi connectivity index (χ4v) is 4.80. The first-order valence-corrected chi connectivity index (χ1v) is 11.4. The maximum Gasteiger partial charge on any atom is 0.414 e. The molecule has 1 aliphatic rings. The van der Waals surface area contributed by atoms with E-state index in [1.807, 2.05) is 26.0 Å². The Morgan fingerprint density at radius 1 is 1.24 bits per heavy atom. The van der Waals surface area contributed by atoms with Crippen LogP contribution >= 0.6 is 22.9 Å². The van der Waals surface area contributed by atoms with E-state index in [9.17, 15) is 14.4 Å². The third-order valence-corrected chi connectivity index (χ3v) is 6.55. The van der Waals surface area contributed by atoms with Gasteiger partial charge in [0.2, 0.25) is 0 Å². The summed E-state index contributed by atoms with van der Waals surface area (Å²) in [6.45, 7) is 4.24. The van der Waals surface area contributed by atoms with Gasteiger partial charge >= 0.3 is 6.09 Å². The number of benzene rings is 1. The SMILES string of the molecule is COc1cccn(-c2c(C)cc(N3C[C@H](CNC(=O)c4ccc(Cl)s4)OC3=O)cc2C)c1=O. The van der Waals surface area contributed by atoms with Crippen molar-refractivity contribution in [2.24, 2.45) is 0 Å². The Labute approximate surface area is 199 Å². The lowest BCUT2D eigenvalue weighted by atomic mass is 10.1. The van der Waals surface area contributed by atoms with Crippen LogP contribution in [0.15, 0.2) is 47.4 Å². The fourth-order valence-electron chi connectivity index (χ4n) is 3.84. The van der Waals surface area contributed by atoms with Gasteiger partial charge in [0.15, 0.2) is 5.75 Å². The van der Waals surface area contributed by atoms with Crippen LogP contribution in [0.4, 0.5) is 10.5 Å². The van der Waals surface area contributed by atoms with Gasteiger partial charge in [-0.25, -0.2) is 4.79 Å². The van der Waals surface area contributed by atoms with Crippen molar-refractivity contribution in [3.63, 3.8) is 0 Å². The molecule has 0 spiro atoms. The van der Waals surface area contributed by atoms with Gasteiger partial charge in [0.05, 0.1) is 35.1 Å². The zero-order valence-corrected chi connectivity index (χ0v) is 19.8. The first-order valence-electron chi connectivity index (χ1n) is 10.2. The summed E-state index contributed by atoms with van der Waals surface area (Å²) in [4.78, 5) is 39.5. The zero-order valence-electron chi connectivity index (χ0n) is 18.3. The van der Waals surface area contributed by atoms with Crippen molar-refractivity contribution in [1.82, 2.24) is 9.88 Å². The Morgan fingerprint density at radius 2 is 1.97 bits per heavy atom. The van der Waals surface area contributed by atoms with E-state index >= 15 is 0 Å². The van der Waals surface area contributed by atoms with E-state index in [2.05, 4.69) is 5.32 Å². The molecule has 0 unspecified atom stereocenters. The summed E-state index contributed by atoms with van der Waals surface area (Å²) in [6, 6.07) is 10.3. The molecule has 1 aromatic carbocycles. The maximum absolute atomic E-state index is 12.7. The number of cyclic esters (lactones) is 1. The van der Waals surface area contributed by atoms with E-state index in [0.717, 1.165) is 16.8 Å². The summed E-state index contributed by atoms with van der Waals surface area (Å²) in [5.74, 6) is -0.0145. The molecule has 2 aromatic heterocycles. The highest BCUT2D eigenvalue weighted by atomic mass is 35.5. The first-order chi connectivity index (χ1) is 15.8. The molecular formula is C23H22ClN3O5S. The summed E-state index contributed by atoms with van der Waals surface area (Å²) in [5, 5.41) is 2.78. The normalized spacial score (nSPS) is 15.5. The molecule has 1 aliphatic heterocycles. The van der Waals surface area contributed by atoms with Crippen LogP contribution in [-0.2, 0) is 4.74 Å². The number of thiophene rings is 1. The third-order valence-electron chi connectivity index (χ3n) is 5.32. The summed E-state index contributed by atoms with van der Waals surface area (Å²) in [6.07, 6.45) is 0.709. The van der Waals surface area contributed by atoms with E-state index < -0.39 is 12.2 Å². The molecule has 0 aliphatic carbocycles. The molecule has 2 amide bonds. The number of hydrogen-bond donors (Lipinski definition) is 1. The van der Waals surface area contributed by atoms with Gasteiger partial charge in [0.1, 0.15) is 6.10 Å². The molecule has 8 nitrogen and oxygen atoms in total. The van der Waals surface area contributed by atoms with Crippen molar-refractivity contribution in [3.05, 3.63) is 73.3 Å². The van der Waals surface area contributed by atoms with Gasteiger partial charge in [-0.05, 0) is 61.4 Å². The number of rotatable bonds is 6. The topological polar surface area (TPSA) is 89.9 Å². The molecule has 0 saturated carbocycles.